The summed E-state index contributed by atoms with van der Waals surface area (Å²) in [5, 5.41) is 1.36. The molecule has 3 rings (SSSR count). The van der Waals surface area contributed by atoms with Crippen molar-refractivity contribution in [2.75, 3.05) is 14.1 Å². The summed E-state index contributed by atoms with van der Waals surface area (Å²) in [6.45, 7) is 7.42. The minimum atomic E-state index is -0.108. The standard InChI is InChI=1S/C24H24ClN3O2/c1-6-8-22(28(4)5)18-11-15(2)27-24-17(18)9-7-10-23(24)30-14-20-19(16(3)29)12-26-13-21(20)25/h6-13H,1,14H2,2-5H3/b22-8-. The van der Waals surface area contributed by atoms with Crippen LogP contribution in [0.4, 0.5) is 0 Å². The third kappa shape index (κ3) is 4.36. The Morgan fingerprint density at radius 2 is 2.03 bits per heavy atom. The van der Waals surface area contributed by atoms with Crippen LogP contribution in [0, 0.1) is 6.92 Å². The first-order chi connectivity index (χ1) is 14.3. The molecule has 2 aromatic heterocycles. The molecule has 2 heterocycles. The zero-order valence-corrected chi connectivity index (χ0v) is 18.3. The van der Waals surface area contributed by atoms with E-state index in [0.29, 0.717) is 21.9 Å². The van der Waals surface area contributed by atoms with Crippen LogP contribution in [0.25, 0.3) is 16.6 Å². The van der Waals surface area contributed by atoms with Crippen molar-refractivity contribution in [3.63, 3.8) is 0 Å². The monoisotopic (exact) mass is 421 g/mol. The molecule has 0 unspecified atom stereocenters. The number of rotatable bonds is 7. The summed E-state index contributed by atoms with van der Waals surface area (Å²) in [6.07, 6.45) is 6.77. The summed E-state index contributed by atoms with van der Waals surface area (Å²) in [6, 6.07) is 7.87. The van der Waals surface area contributed by atoms with Crippen LogP contribution in [0.3, 0.4) is 0 Å². The van der Waals surface area contributed by atoms with Crippen LogP contribution >= 0.6 is 11.6 Å². The van der Waals surface area contributed by atoms with Gasteiger partial charge in [-0.3, -0.25) is 9.78 Å². The number of fused-ring (bicyclic) bond motifs is 1. The average molecular weight is 422 g/mol. The first kappa shape index (κ1) is 21.5. The third-order valence-electron chi connectivity index (χ3n) is 4.72. The Morgan fingerprint density at radius 3 is 2.70 bits per heavy atom. The van der Waals surface area contributed by atoms with E-state index < -0.39 is 0 Å². The van der Waals surface area contributed by atoms with Gasteiger partial charge in [0.15, 0.2) is 5.78 Å². The Hall–Kier alpha value is -3.18. The van der Waals surface area contributed by atoms with Gasteiger partial charge < -0.3 is 9.64 Å². The fraction of sp³-hybridized carbons (Fsp3) is 0.208. The number of allylic oxidation sites excluding steroid dienone is 2. The van der Waals surface area contributed by atoms with Crippen molar-refractivity contribution >= 4 is 34.0 Å². The lowest BCUT2D eigenvalue weighted by molar-refractivity contribution is 0.101. The number of Topliss-reactive ketones (excluding diaryl/α,β-unsaturated/α-hetero) is 1. The number of hydrogen-bond acceptors (Lipinski definition) is 5. The molecule has 154 valence electrons. The molecule has 6 heteroatoms. The van der Waals surface area contributed by atoms with Gasteiger partial charge in [-0.15, -0.1) is 0 Å². The van der Waals surface area contributed by atoms with Gasteiger partial charge in [0.25, 0.3) is 0 Å². The van der Waals surface area contributed by atoms with Gasteiger partial charge in [-0.05, 0) is 32.1 Å². The zero-order valence-electron chi connectivity index (χ0n) is 17.6. The molecule has 5 nitrogen and oxygen atoms in total. The van der Waals surface area contributed by atoms with E-state index in [-0.39, 0.29) is 12.4 Å². The highest BCUT2D eigenvalue weighted by Crippen LogP contribution is 2.32. The second-order valence-electron chi connectivity index (χ2n) is 7.14. The normalized spacial score (nSPS) is 11.4. The molecule has 0 aliphatic heterocycles. The maximum atomic E-state index is 11.9. The Morgan fingerprint density at radius 1 is 1.27 bits per heavy atom. The Bertz CT molecular complexity index is 1150. The summed E-state index contributed by atoms with van der Waals surface area (Å²) < 4.78 is 6.11. The Labute approximate surface area is 181 Å². The molecule has 0 N–H and O–H groups in total. The van der Waals surface area contributed by atoms with E-state index in [9.17, 15) is 4.79 Å². The topological polar surface area (TPSA) is 55.3 Å². The molecule has 0 radical (unpaired) electrons. The summed E-state index contributed by atoms with van der Waals surface area (Å²) in [5.41, 5.74) is 4.75. The fourth-order valence-corrected chi connectivity index (χ4v) is 3.54. The molecule has 3 aromatic rings. The molecule has 0 atom stereocenters. The minimum Gasteiger partial charge on any atom is -0.487 e. The van der Waals surface area contributed by atoms with Gasteiger partial charge in [0.2, 0.25) is 0 Å². The highest BCUT2D eigenvalue weighted by molar-refractivity contribution is 6.31. The second-order valence-corrected chi connectivity index (χ2v) is 7.55. The van der Waals surface area contributed by atoms with Crippen LogP contribution in [0.1, 0.15) is 34.1 Å². The number of aromatic nitrogens is 2. The van der Waals surface area contributed by atoms with E-state index in [2.05, 4.69) is 17.6 Å². The third-order valence-corrected chi connectivity index (χ3v) is 5.05. The van der Waals surface area contributed by atoms with Crippen LogP contribution in [0.5, 0.6) is 5.75 Å². The second kappa shape index (κ2) is 9.09. The number of pyridine rings is 2. The Kier molecular flexibility index (Phi) is 6.53. The van der Waals surface area contributed by atoms with Gasteiger partial charge >= 0.3 is 0 Å². The van der Waals surface area contributed by atoms with Gasteiger partial charge in [0.05, 0.1) is 5.02 Å². The van der Waals surface area contributed by atoms with E-state index in [1.807, 2.05) is 50.2 Å². The number of ketones is 1. The van der Waals surface area contributed by atoms with Crippen molar-refractivity contribution in [1.29, 1.82) is 0 Å². The number of carbonyl (C=O) groups is 1. The van der Waals surface area contributed by atoms with Crippen molar-refractivity contribution in [2.45, 2.75) is 20.5 Å². The molecule has 0 aliphatic rings. The highest BCUT2D eigenvalue weighted by atomic mass is 35.5. The maximum Gasteiger partial charge on any atom is 0.161 e. The van der Waals surface area contributed by atoms with E-state index >= 15 is 0 Å². The molecule has 1 aromatic carbocycles. The molecular weight excluding hydrogens is 398 g/mol. The SMILES string of the molecule is C=C/C=C(/c1cc(C)nc2c(OCc3c(Cl)cncc3C(C)=O)cccc12)N(C)C. The molecular formula is C24H24ClN3O2. The van der Waals surface area contributed by atoms with Crippen LogP contribution in [-0.4, -0.2) is 34.7 Å². The molecule has 0 saturated carbocycles. The number of nitrogens with zero attached hydrogens (tertiary/aromatic N) is 3. The molecule has 0 spiro atoms. The van der Waals surface area contributed by atoms with Gasteiger partial charge in [0.1, 0.15) is 17.9 Å². The van der Waals surface area contributed by atoms with Gasteiger partial charge in [-0.25, -0.2) is 4.98 Å². The lowest BCUT2D eigenvalue weighted by atomic mass is 10.0. The van der Waals surface area contributed by atoms with Crippen molar-refractivity contribution in [3.8, 4) is 5.75 Å². The van der Waals surface area contributed by atoms with Gasteiger partial charge in [-0.1, -0.05) is 36.4 Å². The van der Waals surface area contributed by atoms with E-state index in [1.54, 1.807) is 6.08 Å². The van der Waals surface area contributed by atoms with Crippen molar-refractivity contribution in [1.82, 2.24) is 14.9 Å². The first-order valence-electron chi connectivity index (χ1n) is 9.50. The lowest BCUT2D eigenvalue weighted by Gasteiger charge is -2.20. The lowest BCUT2D eigenvalue weighted by Crippen LogP contribution is -2.11. The minimum absolute atomic E-state index is 0.108. The quantitative estimate of drug-likeness (QED) is 0.374. The molecule has 0 aliphatic carbocycles. The maximum absolute atomic E-state index is 11.9. The van der Waals surface area contributed by atoms with E-state index in [0.717, 1.165) is 27.9 Å². The molecule has 0 fully saturated rings. The highest BCUT2D eigenvalue weighted by Gasteiger charge is 2.16. The van der Waals surface area contributed by atoms with Gasteiger partial charge in [-0.2, -0.15) is 0 Å². The van der Waals surface area contributed by atoms with Crippen LogP contribution in [0.2, 0.25) is 5.02 Å². The smallest absolute Gasteiger partial charge is 0.161 e. The fourth-order valence-electron chi connectivity index (χ4n) is 3.33. The van der Waals surface area contributed by atoms with Crippen molar-refractivity contribution < 1.29 is 9.53 Å². The van der Waals surface area contributed by atoms with Gasteiger partial charge in [0, 0.05) is 60.0 Å². The summed E-state index contributed by atoms with van der Waals surface area (Å²) in [7, 11) is 3.98. The summed E-state index contributed by atoms with van der Waals surface area (Å²) in [4.78, 5) is 22.7. The number of aryl methyl sites for hydroxylation is 1. The molecule has 0 saturated heterocycles. The molecule has 0 bridgehead atoms. The van der Waals surface area contributed by atoms with Crippen molar-refractivity contribution in [2.24, 2.45) is 0 Å². The number of hydrogen-bond donors (Lipinski definition) is 0. The molecule has 30 heavy (non-hydrogen) atoms. The van der Waals surface area contributed by atoms with Crippen molar-refractivity contribution in [3.05, 3.63) is 82.8 Å². The van der Waals surface area contributed by atoms with Crippen LogP contribution in [-0.2, 0) is 6.61 Å². The first-order valence-corrected chi connectivity index (χ1v) is 9.88. The summed E-state index contributed by atoms with van der Waals surface area (Å²) in [5.74, 6) is 0.513. The predicted octanol–water partition coefficient (Wildman–Crippen LogP) is 5.46. The zero-order chi connectivity index (χ0) is 21.8. The van der Waals surface area contributed by atoms with E-state index in [1.165, 1.54) is 19.3 Å². The molecule has 0 amide bonds. The number of ether oxygens (including phenoxy) is 1. The average Bonchev–Trinajstić information content (AvgIpc) is 2.70. The number of carbonyl (C=O) groups excluding carboxylic acids is 1. The largest absolute Gasteiger partial charge is 0.487 e. The Balaban J connectivity index is 2.09. The van der Waals surface area contributed by atoms with Crippen LogP contribution < -0.4 is 4.74 Å². The summed E-state index contributed by atoms with van der Waals surface area (Å²) >= 11 is 6.29. The van der Waals surface area contributed by atoms with E-state index in [4.69, 9.17) is 21.3 Å². The number of halogens is 1. The number of benzene rings is 1. The number of para-hydroxylation sites is 1. The van der Waals surface area contributed by atoms with Crippen LogP contribution in [0.15, 0.2) is 55.4 Å². The predicted molar refractivity (Wildman–Crippen MR) is 122 cm³/mol.